The standard InChI is InChI=1S/C18H23NO/c1-15(17-9-3-2-4-10-17)14-19-18-11-5-7-16(13-18)8-6-12-20/h2-5,7,9-11,13,15,19-20H,6,8,12,14H2,1H3. The van der Waals surface area contributed by atoms with Crippen LogP contribution in [0.25, 0.3) is 0 Å². The van der Waals surface area contributed by atoms with Crippen molar-refractivity contribution in [2.24, 2.45) is 0 Å². The average molecular weight is 269 g/mol. The van der Waals surface area contributed by atoms with Crippen LogP contribution in [0, 0.1) is 0 Å². The number of anilines is 1. The lowest BCUT2D eigenvalue weighted by Gasteiger charge is -2.14. The molecule has 2 aromatic carbocycles. The van der Waals surface area contributed by atoms with Gasteiger partial charge in [0.2, 0.25) is 0 Å². The number of benzene rings is 2. The second kappa shape index (κ2) is 7.71. The van der Waals surface area contributed by atoms with Crippen LogP contribution in [0.4, 0.5) is 5.69 Å². The van der Waals surface area contributed by atoms with Gasteiger partial charge < -0.3 is 10.4 Å². The third-order valence-corrected chi connectivity index (χ3v) is 3.53. The number of rotatable bonds is 7. The molecule has 0 spiro atoms. The summed E-state index contributed by atoms with van der Waals surface area (Å²) in [7, 11) is 0. The highest BCUT2D eigenvalue weighted by Gasteiger charge is 2.04. The zero-order chi connectivity index (χ0) is 14.2. The number of hydrogen-bond donors (Lipinski definition) is 2. The fourth-order valence-electron chi connectivity index (χ4n) is 2.29. The van der Waals surface area contributed by atoms with Gasteiger partial charge in [-0.25, -0.2) is 0 Å². The van der Waals surface area contributed by atoms with Crippen molar-refractivity contribution in [1.82, 2.24) is 0 Å². The van der Waals surface area contributed by atoms with E-state index in [1.807, 2.05) is 6.07 Å². The maximum Gasteiger partial charge on any atom is 0.0434 e. The van der Waals surface area contributed by atoms with Gasteiger partial charge in [0.05, 0.1) is 0 Å². The molecule has 0 fully saturated rings. The van der Waals surface area contributed by atoms with Crippen molar-refractivity contribution in [3.8, 4) is 0 Å². The molecule has 2 nitrogen and oxygen atoms in total. The van der Waals surface area contributed by atoms with Crippen LogP contribution < -0.4 is 5.32 Å². The minimum Gasteiger partial charge on any atom is -0.396 e. The van der Waals surface area contributed by atoms with Crippen LogP contribution >= 0.6 is 0 Å². The molecule has 0 saturated heterocycles. The lowest BCUT2D eigenvalue weighted by Crippen LogP contribution is -2.09. The molecular formula is C18H23NO. The van der Waals surface area contributed by atoms with Gasteiger partial charge in [0.1, 0.15) is 0 Å². The molecule has 0 heterocycles. The molecule has 0 bridgehead atoms. The molecule has 0 saturated carbocycles. The third-order valence-electron chi connectivity index (χ3n) is 3.53. The Labute approximate surface area is 121 Å². The summed E-state index contributed by atoms with van der Waals surface area (Å²) in [4.78, 5) is 0. The third kappa shape index (κ3) is 4.39. The van der Waals surface area contributed by atoms with Crippen LogP contribution in [-0.4, -0.2) is 18.3 Å². The van der Waals surface area contributed by atoms with Gasteiger partial charge in [-0.05, 0) is 42.0 Å². The molecule has 1 atom stereocenters. The molecule has 0 amide bonds. The number of aryl methyl sites for hydroxylation is 1. The Kier molecular flexibility index (Phi) is 5.63. The van der Waals surface area contributed by atoms with Crippen molar-refractivity contribution in [2.45, 2.75) is 25.7 Å². The van der Waals surface area contributed by atoms with E-state index >= 15 is 0 Å². The second-order valence-corrected chi connectivity index (χ2v) is 5.22. The zero-order valence-electron chi connectivity index (χ0n) is 12.0. The molecule has 20 heavy (non-hydrogen) atoms. The van der Waals surface area contributed by atoms with E-state index in [1.54, 1.807) is 0 Å². The smallest absolute Gasteiger partial charge is 0.0434 e. The lowest BCUT2D eigenvalue weighted by molar-refractivity contribution is 0.288. The lowest BCUT2D eigenvalue weighted by atomic mass is 10.0. The van der Waals surface area contributed by atoms with E-state index in [2.05, 4.69) is 60.8 Å². The quantitative estimate of drug-likeness (QED) is 0.800. The van der Waals surface area contributed by atoms with Crippen molar-refractivity contribution < 1.29 is 5.11 Å². The summed E-state index contributed by atoms with van der Waals surface area (Å²) >= 11 is 0. The highest BCUT2D eigenvalue weighted by atomic mass is 16.2. The Morgan fingerprint density at radius 2 is 1.85 bits per heavy atom. The molecule has 2 rings (SSSR count). The number of nitrogens with one attached hydrogen (secondary N) is 1. The first-order valence-electron chi connectivity index (χ1n) is 7.28. The van der Waals surface area contributed by atoms with Crippen LogP contribution in [0.3, 0.4) is 0 Å². The van der Waals surface area contributed by atoms with E-state index in [9.17, 15) is 0 Å². The average Bonchev–Trinajstić information content (AvgIpc) is 2.52. The molecule has 2 N–H and O–H groups in total. The summed E-state index contributed by atoms with van der Waals surface area (Å²) in [6, 6.07) is 19.0. The number of hydrogen-bond acceptors (Lipinski definition) is 2. The molecule has 0 radical (unpaired) electrons. The van der Waals surface area contributed by atoms with Gasteiger partial charge in [-0.15, -0.1) is 0 Å². The molecule has 2 heteroatoms. The predicted octanol–water partition coefficient (Wildman–Crippen LogP) is 3.83. The van der Waals surface area contributed by atoms with Crippen molar-refractivity contribution in [3.63, 3.8) is 0 Å². The summed E-state index contributed by atoms with van der Waals surface area (Å²) in [5, 5.41) is 12.4. The molecule has 1 unspecified atom stereocenters. The first-order valence-corrected chi connectivity index (χ1v) is 7.28. The summed E-state index contributed by atoms with van der Waals surface area (Å²) in [5.41, 5.74) is 3.79. The summed E-state index contributed by atoms with van der Waals surface area (Å²) < 4.78 is 0. The monoisotopic (exact) mass is 269 g/mol. The summed E-state index contributed by atoms with van der Waals surface area (Å²) in [6.07, 6.45) is 1.75. The van der Waals surface area contributed by atoms with Crippen LogP contribution in [-0.2, 0) is 6.42 Å². The van der Waals surface area contributed by atoms with Crippen LogP contribution in [0.5, 0.6) is 0 Å². The van der Waals surface area contributed by atoms with Gasteiger partial charge in [0.25, 0.3) is 0 Å². The van der Waals surface area contributed by atoms with Crippen molar-refractivity contribution in [3.05, 3.63) is 65.7 Å². The molecule has 0 aliphatic rings. The molecule has 106 valence electrons. The fourth-order valence-corrected chi connectivity index (χ4v) is 2.29. The first-order chi connectivity index (χ1) is 9.79. The molecule has 0 aliphatic carbocycles. The SMILES string of the molecule is CC(CNc1cccc(CCCO)c1)c1ccccc1. The minimum atomic E-state index is 0.253. The summed E-state index contributed by atoms with van der Waals surface area (Å²) in [6.45, 7) is 3.41. The van der Waals surface area contributed by atoms with Gasteiger partial charge >= 0.3 is 0 Å². The Balaban J connectivity index is 1.90. The highest BCUT2D eigenvalue weighted by molar-refractivity contribution is 5.46. The van der Waals surface area contributed by atoms with Crippen molar-refractivity contribution in [1.29, 1.82) is 0 Å². The summed E-state index contributed by atoms with van der Waals surface area (Å²) in [5.74, 6) is 0.484. The Bertz CT molecular complexity index is 510. The molecule has 0 aliphatic heterocycles. The van der Waals surface area contributed by atoms with E-state index < -0.39 is 0 Å². The molecular weight excluding hydrogens is 246 g/mol. The molecule has 0 aromatic heterocycles. The van der Waals surface area contributed by atoms with Gasteiger partial charge in [-0.3, -0.25) is 0 Å². The maximum atomic E-state index is 8.88. The van der Waals surface area contributed by atoms with Crippen molar-refractivity contribution in [2.75, 3.05) is 18.5 Å². The Morgan fingerprint density at radius 1 is 1.05 bits per heavy atom. The van der Waals surface area contributed by atoms with Gasteiger partial charge in [-0.2, -0.15) is 0 Å². The fraction of sp³-hybridized carbons (Fsp3) is 0.333. The van der Waals surface area contributed by atoms with E-state index in [4.69, 9.17) is 5.11 Å². The number of aliphatic hydroxyl groups excluding tert-OH is 1. The maximum absolute atomic E-state index is 8.88. The number of aliphatic hydroxyl groups is 1. The van der Waals surface area contributed by atoms with Gasteiger partial charge in [-0.1, -0.05) is 49.4 Å². The zero-order valence-corrected chi connectivity index (χ0v) is 12.0. The highest BCUT2D eigenvalue weighted by Crippen LogP contribution is 2.17. The Hall–Kier alpha value is -1.80. The van der Waals surface area contributed by atoms with E-state index in [1.165, 1.54) is 11.1 Å². The van der Waals surface area contributed by atoms with E-state index in [0.717, 1.165) is 25.1 Å². The minimum absolute atomic E-state index is 0.253. The van der Waals surface area contributed by atoms with Crippen LogP contribution in [0.2, 0.25) is 0 Å². The van der Waals surface area contributed by atoms with Gasteiger partial charge in [0.15, 0.2) is 0 Å². The van der Waals surface area contributed by atoms with Crippen molar-refractivity contribution >= 4 is 5.69 Å². The Morgan fingerprint density at radius 3 is 2.60 bits per heavy atom. The second-order valence-electron chi connectivity index (χ2n) is 5.22. The topological polar surface area (TPSA) is 32.3 Å². The predicted molar refractivity (Wildman–Crippen MR) is 85.2 cm³/mol. The van der Waals surface area contributed by atoms with Crippen LogP contribution in [0.1, 0.15) is 30.4 Å². The van der Waals surface area contributed by atoms with E-state index in [-0.39, 0.29) is 6.61 Å². The van der Waals surface area contributed by atoms with Crippen LogP contribution in [0.15, 0.2) is 54.6 Å². The largest absolute Gasteiger partial charge is 0.396 e. The van der Waals surface area contributed by atoms with Gasteiger partial charge in [0, 0.05) is 18.8 Å². The normalized spacial score (nSPS) is 12.1. The molecule has 2 aromatic rings. The van der Waals surface area contributed by atoms with E-state index in [0.29, 0.717) is 5.92 Å². The first kappa shape index (κ1) is 14.6.